The number of aromatic nitrogens is 1. The standard InChI is InChI=1S/C15H26N4O/c1-18-8-4-9-19(11-10-18)15-14(5-3-6-17-15)13-16-7-12-20-2/h3,5-6,16H,4,7-13H2,1-2H3. The maximum Gasteiger partial charge on any atom is 0.133 e. The van der Waals surface area contributed by atoms with Gasteiger partial charge in [-0.15, -0.1) is 0 Å². The van der Waals surface area contributed by atoms with Crippen LogP contribution < -0.4 is 10.2 Å². The minimum Gasteiger partial charge on any atom is -0.383 e. The van der Waals surface area contributed by atoms with Gasteiger partial charge in [-0.05, 0) is 26.1 Å². The van der Waals surface area contributed by atoms with Gasteiger partial charge in [0.15, 0.2) is 0 Å². The predicted octanol–water partition coefficient (Wildman–Crippen LogP) is 0.960. The van der Waals surface area contributed by atoms with E-state index in [0.717, 1.165) is 45.1 Å². The second kappa shape index (κ2) is 8.19. The number of anilines is 1. The van der Waals surface area contributed by atoms with Crippen molar-refractivity contribution in [1.29, 1.82) is 0 Å². The van der Waals surface area contributed by atoms with Gasteiger partial charge in [0, 0.05) is 51.6 Å². The molecule has 2 rings (SSSR count). The zero-order chi connectivity index (χ0) is 14.2. The molecule has 1 aliphatic rings. The summed E-state index contributed by atoms with van der Waals surface area (Å²) in [5, 5.41) is 3.40. The Kier molecular flexibility index (Phi) is 6.24. The number of pyridine rings is 1. The zero-order valence-corrected chi connectivity index (χ0v) is 12.6. The van der Waals surface area contributed by atoms with Gasteiger partial charge in [0.1, 0.15) is 5.82 Å². The molecule has 0 radical (unpaired) electrons. The SMILES string of the molecule is COCCNCc1cccnc1N1CCCN(C)CC1. The van der Waals surface area contributed by atoms with Gasteiger partial charge in [-0.1, -0.05) is 6.07 Å². The minimum absolute atomic E-state index is 0.740. The van der Waals surface area contributed by atoms with Crippen molar-refractivity contribution in [3.05, 3.63) is 23.9 Å². The van der Waals surface area contributed by atoms with Crippen LogP contribution in [0.15, 0.2) is 18.3 Å². The van der Waals surface area contributed by atoms with Gasteiger partial charge in [0.2, 0.25) is 0 Å². The van der Waals surface area contributed by atoms with E-state index in [9.17, 15) is 0 Å². The summed E-state index contributed by atoms with van der Waals surface area (Å²) in [6, 6.07) is 4.18. The van der Waals surface area contributed by atoms with Crippen molar-refractivity contribution in [3.63, 3.8) is 0 Å². The first-order valence-electron chi connectivity index (χ1n) is 7.38. The van der Waals surface area contributed by atoms with E-state index in [1.807, 2.05) is 12.3 Å². The first kappa shape index (κ1) is 15.2. The summed E-state index contributed by atoms with van der Waals surface area (Å²) < 4.78 is 5.06. The molecule has 0 unspecified atom stereocenters. The molecule has 0 spiro atoms. The highest BCUT2D eigenvalue weighted by atomic mass is 16.5. The van der Waals surface area contributed by atoms with Crippen LogP contribution in [-0.2, 0) is 11.3 Å². The molecule has 1 aromatic heterocycles. The van der Waals surface area contributed by atoms with E-state index in [0.29, 0.717) is 0 Å². The Morgan fingerprint density at radius 2 is 2.20 bits per heavy atom. The van der Waals surface area contributed by atoms with Crippen LogP contribution in [0.3, 0.4) is 0 Å². The van der Waals surface area contributed by atoms with Crippen molar-refractivity contribution >= 4 is 5.82 Å². The van der Waals surface area contributed by atoms with Gasteiger partial charge in [0.05, 0.1) is 6.61 Å². The maximum atomic E-state index is 5.06. The van der Waals surface area contributed by atoms with Crippen molar-refractivity contribution in [1.82, 2.24) is 15.2 Å². The number of methoxy groups -OCH3 is 1. The summed E-state index contributed by atoms with van der Waals surface area (Å²) in [5.74, 6) is 1.13. The molecule has 20 heavy (non-hydrogen) atoms. The van der Waals surface area contributed by atoms with Crippen molar-refractivity contribution in [2.24, 2.45) is 0 Å². The Hall–Kier alpha value is -1.17. The molecule has 1 saturated heterocycles. The lowest BCUT2D eigenvalue weighted by atomic mass is 10.2. The zero-order valence-electron chi connectivity index (χ0n) is 12.6. The van der Waals surface area contributed by atoms with Crippen LogP contribution in [0.4, 0.5) is 5.82 Å². The summed E-state index contributed by atoms with van der Waals surface area (Å²) >= 11 is 0. The monoisotopic (exact) mass is 278 g/mol. The van der Waals surface area contributed by atoms with Crippen LogP contribution in [0, 0.1) is 0 Å². The first-order valence-corrected chi connectivity index (χ1v) is 7.38. The summed E-state index contributed by atoms with van der Waals surface area (Å²) in [5.41, 5.74) is 1.27. The van der Waals surface area contributed by atoms with Gasteiger partial charge in [0.25, 0.3) is 0 Å². The van der Waals surface area contributed by atoms with Gasteiger partial charge in [-0.25, -0.2) is 4.98 Å². The lowest BCUT2D eigenvalue weighted by molar-refractivity contribution is 0.199. The molecule has 0 bridgehead atoms. The molecule has 0 saturated carbocycles. The number of nitrogens with one attached hydrogen (secondary N) is 1. The lowest BCUT2D eigenvalue weighted by Crippen LogP contribution is -2.31. The number of hydrogen-bond acceptors (Lipinski definition) is 5. The topological polar surface area (TPSA) is 40.6 Å². The van der Waals surface area contributed by atoms with Crippen LogP contribution in [0.5, 0.6) is 0 Å². The molecule has 0 aromatic carbocycles. The van der Waals surface area contributed by atoms with E-state index >= 15 is 0 Å². The van der Waals surface area contributed by atoms with Crippen molar-refractivity contribution in [2.75, 3.05) is 58.4 Å². The van der Waals surface area contributed by atoms with Crippen molar-refractivity contribution in [2.45, 2.75) is 13.0 Å². The van der Waals surface area contributed by atoms with Crippen LogP contribution >= 0.6 is 0 Å². The Morgan fingerprint density at radius 1 is 1.30 bits per heavy atom. The largest absolute Gasteiger partial charge is 0.383 e. The quantitative estimate of drug-likeness (QED) is 0.785. The maximum absolute atomic E-state index is 5.06. The lowest BCUT2D eigenvalue weighted by Gasteiger charge is -2.24. The first-order chi connectivity index (χ1) is 9.81. The molecule has 112 valence electrons. The van der Waals surface area contributed by atoms with E-state index in [2.05, 4.69) is 33.2 Å². The molecule has 1 aliphatic heterocycles. The molecule has 5 nitrogen and oxygen atoms in total. The Morgan fingerprint density at radius 3 is 3.05 bits per heavy atom. The fourth-order valence-electron chi connectivity index (χ4n) is 2.51. The average molecular weight is 278 g/mol. The molecular formula is C15H26N4O. The van der Waals surface area contributed by atoms with Crippen molar-refractivity contribution in [3.8, 4) is 0 Å². The molecule has 0 atom stereocenters. The molecule has 1 fully saturated rings. The molecule has 1 aromatic rings. The molecular weight excluding hydrogens is 252 g/mol. The second-order valence-corrected chi connectivity index (χ2v) is 5.30. The second-order valence-electron chi connectivity index (χ2n) is 5.30. The predicted molar refractivity (Wildman–Crippen MR) is 82.1 cm³/mol. The molecule has 1 N–H and O–H groups in total. The number of nitrogens with zero attached hydrogens (tertiary/aromatic N) is 3. The van der Waals surface area contributed by atoms with Crippen LogP contribution in [-0.4, -0.2) is 63.4 Å². The number of likely N-dealkylation sites (N-methyl/N-ethyl adjacent to an activating group) is 1. The van der Waals surface area contributed by atoms with E-state index in [1.165, 1.54) is 18.5 Å². The van der Waals surface area contributed by atoms with Crippen molar-refractivity contribution < 1.29 is 4.74 Å². The van der Waals surface area contributed by atoms with E-state index in [4.69, 9.17) is 4.74 Å². The summed E-state index contributed by atoms with van der Waals surface area (Å²) in [6.45, 7) is 6.87. The van der Waals surface area contributed by atoms with E-state index in [1.54, 1.807) is 7.11 Å². The number of rotatable bonds is 6. The fourth-order valence-corrected chi connectivity index (χ4v) is 2.51. The third-order valence-corrected chi connectivity index (χ3v) is 3.68. The van der Waals surface area contributed by atoms with E-state index < -0.39 is 0 Å². The molecule has 5 heteroatoms. The molecule has 2 heterocycles. The smallest absolute Gasteiger partial charge is 0.133 e. The Bertz CT molecular complexity index is 399. The Balaban J connectivity index is 1.99. The highest BCUT2D eigenvalue weighted by Gasteiger charge is 2.16. The number of hydrogen-bond donors (Lipinski definition) is 1. The summed E-state index contributed by atoms with van der Waals surface area (Å²) in [6.07, 6.45) is 3.09. The third-order valence-electron chi connectivity index (χ3n) is 3.68. The average Bonchev–Trinajstić information content (AvgIpc) is 2.69. The highest BCUT2D eigenvalue weighted by Crippen LogP contribution is 2.18. The van der Waals surface area contributed by atoms with Gasteiger partial charge < -0.3 is 19.9 Å². The van der Waals surface area contributed by atoms with Crippen LogP contribution in [0.25, 0.3) is 0 Å². The highest BCUT2D eigenvalue weighted by molar-refractivity contribution is 5.46. The van der Waals surface area contributed by atoms with Gasteiger partial charge in [-0.2, -0.15) is 0 Å². The van der Waals surface area contributed by atoms with Gasteiger partial charge in [-0.3, -0.25) is 0 Å². The summed E-state index contributed by atoms with van der Waals surface area (Å²) in [4.78, 5) is 9.41. The molecule has 0 aliphatic carbocycles. The Labute approximate surface area is 121 Å². The molecule has 0 amide bonds. The normalized spacial score (nSPS) is 17.2. The third kappa shape index (κ3) is 4.44. The number of ether oxygens (including phenoxy) is 1. The van der Waals surface area contributed by atoms with Crippen LogP contribution in [0.1, 0.15) is 12.0 Å². The summed E-state index contributed by atoms with van der Waals surface area (Å²) in [7, 11) is 3.92. The van der Waals surface area contributed by atoms with Gasteiger partial charge >= 0.3 is 0 Å². The fraction of sp³-hybridized carbons (Fsp3) is 0.667. The van der Waals surface area contributed by atoms with Crippen LogP contribution in [0.2, 0.25) is 0 Å². The minimum atomic E-state index is 0.740. The van der Waals surface area contributed by atoms with E-state index in [-0.39, 0.29) is 0 Å².